The minimum Gasteiger partial charge on any atom is -0.380 e. The van der Waals surface area contributed by atoms with Gasteiger partial charge in [0, 0.05) is 25.2 Å². The number of nitrogens with two attached hydrogens (primary N) is 1. The van der Waals surface area contributed by atoms with Gasteiger partial charge in [0.15, 0.2) is 0 Å². The number of hydrogen-bond acceptors (Lipinski definition) is 3. The van der Waals surface area contributed by atoms with Gasteiger partial charge in [-0.25, -0.2) is 4.39 Å². The summed E-state index contributed by atoms with van der Waals surface area (Å²) in [5, 5.41) is 0. The molecule has 1 heterocycles. The van der Waals surface area contributed by atoms with E-state index in [9.17, 15) is 4.39 Å². The summed E-state index contributed by atoms with van der Waals surface area (Å²) in [6.07, 6.45) is 0.901. The predicted octanol–water partition coefficient (Wildman–Crippen LogP) is 1.37. The lowest BCUT2D eigenvalue weighted by molar-refractivity contribution is 0.0127. The minimum atomic E-state index is -0.200. The number of nitrogens with zero attached hydrogens (tertiary/aromatic N) is 1. The molecule has 2 unspecified atom stereocenters. The Balaban J connectivity index is 1.95. The molecule has 4 heteroatoms. The van der Waals surface area contributed by atoms with E-state index in [0.29, 0.717) is 6.61 Å². The Morgan fingerprint density at radius 3 is 2.76 bits per heavy atom. The lowest BCUT2D eigenvalue weighted by atomic mass is 10.0. The fourth-order valence-corrected chi connectivity index (χ4v) is 2.19. The number of ether oxygens (including phenoxy) is 1. The van der Waals surface area contributed by atoms with Gasteiger partial charge in [-0.1, -0.05) is 12.1 Å². The average molecular weight is 238 g/mol. The molecule has 0 radical (unpaired) electrons. The van der Waals surface area contributed by atoms with Crippen molar-refractivity contribution in [3.63, 3.8) is 0 Å². The van der Waals surface area contributed by atoms with Crippen molar-refractivity contribution in [3.8, 4) is 0 Å². The molecule has 2 N–H and O–H groups in total. The van der Waals surface area contributed by atoms with Crippen LogP contribution < -0.4 is 5.73 Å². The molecular weight excluding hydrogens is 219 g/mol. The zero-order valence-electron chi connectivity index (χ0n) is 10.1. The fraction of sp³-hybridized carbons (Fsp3) is 0.538. The third-order valence-corrected chi connectivity index (χ3v) is 3.29. The topological polar surface area (TPSA) is 38.5 Å². The molecule has 1 aliphatic rings. The van der Waals surface area contributed by atoms with Crippen LogP contribution in [-0.4, -0.2) is 37.2 Å². The van der Waals surface area contributed by atoms with E-state index in [4.69, 9.17) is 10.5 Å². The zero-order chi connectivity index (χ0) is 12.3. The molecule has 0 aromatic heterocycles. The first-order valence-corrected chi connectivity index (χ1v) is 5.95. The maximum atomic E-state index is 12.8. The summed E-state index contributed by atoms with van der Waals surface area (Å²) in [6, 6.07) is 6.99. The van der Waals surface area contributed by atoms with Gasteiger partial charge in [0.2, 0.25) is 0 Å². The molecule has 1 aromatic rings. The van der Waals surface area contributed by atoms with Crippen LogP contribution in [0.5, 0.6) is 0 Å². The monoisotopic (exact) mass is 238 g/mol. The zero-order valence-corrected chi connectivity index (χ0v) is 10.1. The maximum absolute atomic E-state index is 12.8. The quantitative estimate of drug-likeness (QED) is 0.864. The Hall–Kier alpha value is -0.970. The molecule has 1 fully saturated rings. The summed E-state index contributed by atoms with van der Waals surface area (Å²) >= 11 is 0. The Bertz CT molecular complexity index is 355. The van der Waals surface area contributed by atoms with Gasteiger partial charge in [-0.2, -0.15) is 0 Å². The number of rotatable bonds is 3. The van der Waals surface area contributed by atoms with Gasteiger partial charge < -0.3 is 10.5 Å². The van der Waals surface area contributed by atoms with E-state index in [2.05, 4.69) is 4.90 Å². The average Bonchev–Trinajstić information content (AvgIpc) is 2.32. The normalized spacial score (nSPS) is 25.2. The number of benzene rings is 1. The second-order valence-corrected chi connectivity index (χ2v) is 4.64. The molecule has 0 bridgehead atoms. The second-order valence-electron chi connectivity index (χ2n) is 4.64. The van der Waals surface area contributed by atoms with Crippen molar-refractivity contribution in [3.05, 3.63) is 35.6 Å². The highest BCUT2D eigenvalue weighted by atomic mass is 19.1. The van der Waals surface area contributed by atoms with Crippen LogP contribution in [0.1, 0.15) is 12.0 Å². The van der Waals surface area contributed by atoms with Gasteiger partial charge in [-0.15, -0.1) is 0 Å². The van der Waals surface area contributed by atoms with Crippen LogP contribution in [0.25, 0.3) is 0 Å². The minimum absolute atomic E-state index is 0.161. The Morgan fingerprint density at radius 1 is 1.41 bits per heavy atom. The largest absolute Gasteiger partial charge is 0.380 e. The summed E-state index contributed by atoms with van der Waals surface area (Å²) in [5.41, 5.74) is 7.17. The van der Waals surface area contributed by atoms with Gasteiger partial charge in [-0.3, -0.25) is 4.90 Å². The predicted molar refractivity (Wildman–Crippen MR) is 65.1 cm³/mol. The highest BCUT2D eigenvalue weighted by molar-refractivity contribution is 5.16. The third kappa shape index (κ3) is 3.25. The van der Waals surface area contributed by atoms with Crippen molar-refractivity contribution in [2.45, 2.75) is 25.0 Å². The van der Waals surface area contributed by atoms with Crippen LogP contribution in [0.2, 0.25) is 0 Å². The molecule has 94 valence electrons. The van der Waals surface area contributed by atoms with Gasteiger partial charge in [-0.05, 0) is 31.2 Å². The molecule has 2 rings (SSSR count). The molecule has 1 saturated heterocycles. The van der Waals surface area contributed by atoms with E-state index in [0.717, 1.165) is 25.1 Å². The summed E-state index contributed by atoms with van der Waals surface area (Å²) in [4.78, 5) is 2.18. The van der Waals surface area contributed by atoms with Crippen molar-refractivity contribution in [2.75, 3.05) is 20.3 Å². The highest BCUT2D eigenvalue weighted by Gasteiger charge is 2.25. The third-order valence-electron chi connectivity index (χ3n) is 3.29. The smallest absolute Gasteiger partial charge is 0.123 e. The van der Waals surface area contributed by atoms with E-state index in [-0.39, 0.29) is 17.9 Å². The molecule has 1 aromatic carbocycles. The molecule has 0 spiro atoms. The van der Waals surface area contributed by atoms with Crippen molar-refractivity contribution >= 4 is 0 Å². The molecule has 0 amide bonds. The lowest BCUT2D eigenvalue weighted by Crippen LogP contribution is -2.51. The van der Waals surface area contributed by atoms with Gasteiger partial charge in [0.25, 0.3) is 0 Å². The first kappa shape index (κ1) is 12.5. The maximum Gasteiger partial charge on any atom is 0.123 e. The van der Waals surface area contributed by atoms with E-state index in [1.165, 1.54) is 12.1 Å². The van der Waals surface area contributed by atoms with Crippen molar-refractivity contribution < 1.29 is 9.13 Å². The number of halogens is 1. The SMILES string of the molecule is CN(Cc1ccc(F)cc1)C1COCCC1N. The van der Waals surface area contributed by atoms with Crippen LogP contribution >= 0.6 is 0 Å². The van der Waals surface area contributed by atoms with E-state index in [1.54, 1.807) is 12.1 Å². The van der Waals surface area contributed by atoms with Crippen molar-refractivity contribution in [1.82, 2.24) is 4.90 Å². The van der Waals surface area contributed by atoms with E-state index >= 15 is 0 Å². The first-order chi connectivity index (χ1) is 8.16. The summed E-state index contributed by atoms with van der Waals surface area (Å²) in [5.74, 6) is -0.200. The summed E-state index contributed by atoms with van der Waals surface area (Å²) in [6.45, 7) is 2.20. The van der Waals surface area contributed by atoms with Crippen LogP contribution in [-0.2, 0) is 11.3 Å². The Morgan fingerprint density at radius 2 is 2.12 bits per heavy atom. The van der Waals surface area contributed by atoms with Gasteiger partial charge >= 0.3 is 0 Å². The van der Waals surface area contributed by atoms with Crippen LogP contribution in [0, 0.1) is 5.82 Å². The molecule has 0 saturated carbocycles. The number of likely N-dealkylation sites (N-methyl/N-ethyl adjacent to an activating group) is 1. The lowest BCUT2D eigenvalue weighted by Gasteiger charge is -2.35. The van der Waals surface area contributed by atoms with Gasteiger partial charge in [0.1, 0.15) is 5.82 Å². The van der Waals surface area contributed by atoms with E-state index in [1.807, 2.05) is 7.05 Å². The molecule has 2 atom stereocenters. The van der Waals surface area contributed by atoms with Crippen LogP contribution in [0.15, 0.2) is 24.3 Å². The molecule has 17 heavy (non-hydrogen) atoms. The Labute approximate surface area is 101 Å². The summed E-state index contributed by atoms with van der Waals surface area (Å²) < 4.78 is 18.2. The van der Waals surface area contributed by atoms with E-state index < -0.39 is 0 Å². The molecule has 1 aliphatic heterocycles. The summed E-state index contributed by atoms with van der Waals surface area (Å²) in [7, 11) is 2.03. The fourth-order valence-electron chi connectivity index (χ4n) is 2.19. The van der Waals surface area contributed by atoms with Crippen molar-refractivity contribution in [1.29, 1.82) is 0 Å². The first-order valence-electron chi connectivity index (χ1n) is 5.95. The van der Waals surface area contributed by atoms with Crippen molar-refractivity contribution in [2.24, 2.45) is 5.73 Å². The molecular formula is C13H19FN2O. The molecule has 0 aliphatic carbocycles. The van der Waals surface area contributed by atoms with Gasteiger partial charge in [0.05, 0.1) is 6.61 Å². The second kappa shape index (κ2) is 5.58. The number of hydrogen-bond donors (Lipinski definition) is 1. The van der Waals surface area contributed by atoms with Crippen LogP contribution in [0.3, 0.4) is 0 Å². The Kier molecular flexibility index (Phi) is 4.10. The van der Waals surface area contributed by atoms with Crippen LogP contribution in [0.4, 0.5) is 4.39 Å². The standard InChI is InChI=1S/C13H19FN2O/c1-16(13-9-17-7-6-12(13)15)8-10-2-4-11(14)5-3-10/h2-5,12-13H,6-9,15H2,1H3. The highest BCUT2D eigenvalue weighted by Crippen LogP contribution is 2.14. The molecule has 3 nitrogen and oxygen atoms in total.